The minimum absolute atomic E-state index is 0. The van der Waals surface area contributed by atoms with Crippen molar-refractivity contribution in [1.82, 2.24) is 0 Å². The molecular formula is C5H5FO3. The monoisotopic (exact) mass is 132 g/mol. The van der Waals surface area contributed by atoms with Crippen LogP contribution in [0, 0.1) is 0 Å². The summed E-state index contributed by atoms with van der Waals surface area (Å²) in [7, 11) is 0. The molecule has 0 N–H and O–H groups in total. The topological polar surface area (TPSA) is 43.4 Å². The van der Waals surface area contributed by atoms with Crippen molar-refractivity contribution >= 4 is 11.9 Å². The lowest BCUT2D eigenvalue weighted by Crippen LogP contribution is -1.99. The SMILES string of the molecule is CC1=CC(=O)OC1=O.F. The Labute approximate surface area is 50.7 Å². The second-order valence-electron chi connectivity index (χ2n) is 1.54. The van der Waals surface area contributed by atoms with Gasteiger partial charge in [0.25, 0.3) is 0 Å². The van der Waals surface area contributed by atoms with Crippen molar-refractivity contribution < 1.29 is 19.0 Å². The number of ether oxygens (including phenoxy) is 1. The van der Waals surface area contributed by atoms with Gasteiger partial charge in [-0.25, -0.2) is 9.59 Å². The highest BCUT2D eigenvalue weighted by atomic mass is 19.0. The minimum atomic E-state index is -0.562. The van der Waals surface area contributed by atoms with Crippen LogP contribution < -0.4 is 0 Å². The molecule has 9 heavy (non-hydrogen) atoms. The van der Waals surface area contributed by atoms with Crippen LogP contribution in [0.2, 0.25) is 0 Å². The predicted molar refractivity (Wildman–Crippen MR) is 27.4 cm³/mol. The Morgan fingerprint density at radius 1 is 1.44 bits per heavy atom. The molecule has 0 aromatic heterocycles. The van der Waals surface area contributed by atoms with Gasteiger partial charge in [-0.15, -0.1) is 0 Å². The van der Waals surface area contributed by atoms with E-state index in [1.54, 1.807) is 0 Å². The van der Waals surface area contributed by atoms with E-state index in [9.17, 15) is 9.59 Å². The number of hydrogen-bond donors (Lipinski definition) is 0. The van der Waals surface area contributed by atoms with E-state index in [1.165, 1.54) is 13.0 Å². The van der Waals surface area contributed by atoms with Crippen molar-refractivity contribution in [3.8, 4) is 0 Å². The third-order valence-electron chi connectivity index (χ3n) is 0.850. The quantitative estimate of drug-likeness (QED) is 0.348. The number of carbonyl (C=O) groups excluding carboxylic acids is 2. The lowest BCUT2D eigenvalue weighted by molar-refractivity contribution is -0.150. The maximum absolute atomic E-state index is 10.3. The molecule has 0 unspecified atom stereocenters. The fourth-order valence-electron chi connectivity index (χ4n) is 0.437. The highest BCUT2D eigenvalue weighted by Gasteiger charge is 2.18. The zero-order chi connectivity index (χ0) is 6.15. The second kappa shape index (κ2) is 2.39. The molecule has 0 atom stereocenters. The Kier molecular flexibility index (Phi) is 2.07. The van der Waals surface area contributed by atoms with Gasteiger partial charge in [0.2, 0.25) is 0 Å². The zero-order valence-corrected chi connectivity index (χ0v) is 4.71. The summed E-state index contributed by atoms with van der Waals surface area (Å²) in [5, 5.41) is 0. The van der Waals surface area contributed by atoms with Crippen LogP contribution in [0.3, 0.4) is 0 Å². The smallest absolute Gasteiger partial charge is 0.341 e. The summed E-state index contributed by atoms with van der Waals surface area (Å²) in [6, 6.07) is 0. The summed E-state index contributed by atoms with van der Waals surface area (Å²) in [6.45, 7) is 1.53. The second-order valence-corrected chi connectivity index (χ2v) is 1.54. The largest absolute Gasteiger partial charge is 0.386 e. The molecular weight excluding hydrogens is 127 g/mol. The Hall–Kier alpha value is -1.19. The van der Waals surface area contributed by atoms with Crippen LogP contribution in [0.25, 0.3) is 0 Å². The molecule has 3 nitrogen and oxygen atoms in total. The van der Waals surface area contributed by atoms with Crippen molar-refractivity contribution in [2.75, 3.05) is 0 Å². The third-order valence-corrected chi connectivity index (χ3v) is 0.850. The van der Waals surface area contributed by atoms with Crippen molar-refractivity contribution in [3.63, 3.8) is 0 Å². The first-order valence-corrected chi connectivity index (χ1v) is 2.14. The standard InChI is InChI=1S/C5H4O3.FH/c1-3-2-4(6)8-5(3)7;/h2H,1H3;1H. The van der Waals surface area contributed by atoms with Crippen LogP contribution >= 0.6 is 0 Å². The van der Waals surface area contributed by atoms with Crippen molar-refractivity contribution in [1.29, 1.82) is 0 Å². The van der Waals surface area contributed by atoms with Gasteiger partial charge in [-0.3, -0.25) is 4.70 Å². The normalized spacial score (nSPS) is 16.3. The van der Waals surface area contributed by atoms with Gasteiger partial charge in [-0.05, 0) is 6.92 Å². The van der Waals surface area contributed by atoms with Gasteiger partial charge in [-0.2, -0.15) is 0 Å². The number of halogens is 1. The molecule has 0 saturated heterocycles. The molecule has 0 amide bonds. The Morgan fingerprint density at radius 2 is 2.00 bits per heavy atom. The molecule has 1 aliphatic rings. The van der Waals surface area contributed by atoms with Gasteiger partial charge in [0.15, 0.2) is 0 Å². The van der Waals surface area contributed by atoms with E-state index in [1.807, 2.05) is 0 Å². The van der Waals surface area contributed by atoms with Gasteiger partial charge in [0.05, 0.1) is 0 Å². The summed E-state index contributed by atoms with van der Waals surface area (Å²) in [5.74, 6) is -1.09. The molecule has 0 bridgehead atoms. The third kappa shape index (κ3) is 1.35. The van der Waals surface area contributed by atoms with Crippen LogP contribution in [-0.4, -0.2) is 11.9 Å². The zero-order valence-electron chi connectivity index (χ0n) is 4.71. The lowest BCUT2D eigenvalue weighted by Gasteiger charge is -1.83. The molecule has 0 fully saturated rings. The fourth-order valence-corrected chi connectivity index (χ4v) is 0.437. The Morgan fingerprint density at radius 3 is 2.11 bits per heavy atom. The number of hydrogen-bond acceptors (Lipinski definition) is 3. The van der Waals surface area contributed by atoms with E-state index >= 15 is 0 Å². The molecule has 0 radical (unpaired) electrons. The van der Waals surface area contributed by atoms with Crippen LogP contribution in [0.1, 0.15) is 6.92 Å². The van der Waals surface area contributed by atoms with Crippen LogP contribution in [0.15, 0.2) is 11.6 Å². The number of esters is 2. The van der Waals surface area contributed by atoms with Gasteiger partial charge >= 0.3 is 11.9 Å². The summed E-state index contributed by atoms with van der Waals surface area (Å²) in [4.78, 5) is 20.4. The van der Waals surface area contributed by atoms with Crippen molar-refractivity contribution in [2.45, 2.75) is 6.92 Å². The molecule has 0 aromatic rings. The highest BCUT2D eigenvalue weighted by Crippen LogP contribution is 2.04. The first-order valence-electron chi connectivity index (χ1n) is 2.14. The first-order chi connectivity index (χ1) is 3.70. The average Bonchev–Trinajstić information content (AvgIpc) is 1.85. The number of rotatable bonds is 0. The molecule has 1 rings (SSSR count). The van der Waals surface area contributed by atoms with Crippen LogP contribution in [-0.2, 0) is 14.3 Å². The molecule has 1 aliphatic heterocycles. The lowest BCUT2D eigenvalue weighted by atomic mass is 10.3. The van der Waals surface area contributed by atoms with Crippen LogP contribution in [0.4, 0.5) is 4.70 Å². The Balaban J connectivity index is 0.000000640. The molecule has 4 heteroatoms. The van der Waals surface area contributed by atoms with E-state index in [2.05, 4.69) is 4.74 Å². The maximum atomic E-state index is 10.3. The summed E-state index contributed by atoms with van der Waals surface area (Å²) in [5.41, 5.74) is 0.370. The highest BCUT2D eigenvalue weighted by molar-refractivity contribution is 6.08. The summed E-state index contributed by atoms with van der Waals surface area (Å²) < 4.78 is 4.10. The molecule has 0 aromatic carbocycles. The molecule has 0 saturated carbocycles. The fraction of sp³-hybridized carbons (Fsp3) is 0.200. The molecule has 0 aliphatic carbocycles. The van der Waals surface area contributed by atoms with Crippen LogP contribution in [0.5, 0.6) is 0 Å². The predicted octanol–water partition coefficient (Wildman–Crippen LogP) is 0.169. The van der Waals surface area contributed by atoms with Gasteiger partial charge in [-0.1, -0.05) is 0 Å². The molecule has 50 valence electrons. The van der Waals surface area contributed by atoms with E-state index in [0.717, 1.165) is 0 Å². The average molecular weight is 132 g/mol. The first kappa shape index (κ1) is 7.81. The number of carbonyl (C=O) groups is 2. The maximum Gasteiger partial charge on any atom is 0.341 e. The van der Waals surface area contributed by atoms with E-state index in [4.69, 9.17) is 0 Å². The minimum Gasteiger partial charge on any atom is -0.386 e. The molecule has 0 spiro atoms. The van der Waals surface area contributed by atoms with Crippen molar-refractivity contribution in [3.05, 3.63) is 11.6 Å². The van der Waals surface area contributed by atoms with Gasteiger partial charge in [0.1, 0.15) is 0 Å². The van der Waals surface area contributed by atoms with Gasteiger partial charge < -0.3 is 4.74 Å². The van der Waals surface area contributed by atoms with Crippen molar-refractivity contribution in [2.24, 2.45) is 0 Å². The van der Waals surface area contributed by atoms with Gasteiger partial charge in [0, 0.05) is 11.6 Å². The molecule has 1 heterocycles. The Bertz CT molecular complexity index is 183. The van der Waals surface area contributed by atoms with E-state index < -0.39 is 11.9 Å². The van der Waals surface area contributed by atoms with E-state index in [-0.39, 0.29) is 4.70 Å². The summed E-state index contributed by atoms with van der Waals surface area (Å²) in [6.07, 6.45) is 1.17. The number of cyclic esters (lactones) is 2. The van der Waals surface area contributed by atoms with E-state index in [0.29, 0.717) is 5.57 Å². The summed E-state index contributed by atoms with van der Waals surface area (Å²) >= 11 is 0.